The van der Waals surface area contributed by atoms with Crippen LogP contribution in [-0.4, -0.2) is 131 Å². The molecule has 0 spiro atoms. The minimum atomic E-state index is -1.77. The maximum Gasteiger partial charge on any atom is 0.305 e. The first-order chi connectivity index (χ1) is 23.8. The second kappa shape index (κ2) is 24.3. The average Bonchev–Trinajstić information content (AvgIpc) is 3.08. The lowest BCUT2D eigenvalue weighted by molar-refractivity contribution is -0.371. The summed E-state index contributed by atoms with van der Waals surface area (Å²) >= 11 is 0. The van der Waals surface area contributed by atoms with Crippen LogP contribution in [0.3, 0.4) is 0 Å². The Kier molecular flexibility index (Phi) is 21.5. The quantitative estimate of drug-likeness (QED) is 0.0548. The van der Waals surface area contributed by atoms with E-state index in [1.807, 2.05) is 6.92 Å². The third kappa shape index (κ3) is 16.2. The number of hydrogen-bond donors (Lipinski definition) is 5. The molecule has 0 aliphatic carbocycles. The Morgan fingerprint density at radius 1 is 0.600 bits per heavy atom. The van der Waals surface area contributed by atoms with E-state index < -0.39 is 80.0 Å². The zero-order chi connectivity index (χ0) is 37.1. The molecule has 5 N–H and O–H groups in total. The van der Waals surface area contributed by atoms with E-state index in [1.54, 1.807) is 0 Å². The molecule has 2 aliphatic rings. The summed E-state index contributed by atoms with van der Waals surface area (Å²) in [5.74, 6) is -1.39. The molecule has 1 unspecified atom stereocenters. The van der Waals surface area contributed by atoms with Crippen molar-refractivity contribution in [1.29, 1.82) is 0 Å². The summed E-state index contributed by atoms with van der Waals surface area (Å²) < 4.78 is 38.0. The Hall–Kier alpha value is -1.95. The SMILES string of the molecule is COC(=O)CCCCCCCCCCCCCCCC(C)O[C@@H]1O[C@H](COC(C)=O)[C@@H](O)[C@H](O)[C@H]1O[C@@H]1O[C@H](COC(C)=O)[C@@H](O)[C@H](O)[C@H]1O. The lowest BCUT2D eigenvalue weighted by Crippen LogP contribution is -2.65. The standard InChI is InChI=1S/C35H62O15/c1-22(18-16-14-12-10-8-6-5-7-9-11-13-15-17-19-27(38)44-4)47-35-33(31(42)29(40)26(49-35)21-46-24(3)37)50-34-32(43)30(41)28(39)25(48-34)20-45-23(2)36/h22,25-26,28-35,39-43H,5-21H2,1-4H3/t22?,25-,26-,28-,29-,30+,31+,32-,33-,34+,35-/m1/s1. The van der Waals surface area contributed by atoms with Crippen molar-refractivity contribution in [2.24, 2.45) is 0 Å². The van der Waals surface area contributed by atoms with Crippen LogP contribution in [0.4, 0.5) is 0 Å². The van der Waals surface area contributed by atoms with Gasteiger partial charge in [0.15, 0.2) is 12.6 Å². The predicted octanol–water partition coefficient (Wildman–Crippen LogP) is 2.18. The van der Waals surface area contributed by atoms with E-state index in [9.17, 15) is 39.9 Å². The highest BCUT2D eigenvalue weighted by Gasteiger charge is 2.51. The maximum atomic E-state index is 11.4. The molecule has 292 valence electrons. The molecule has 2 saturated heterocycles. The second-order valence-corrected chi connectivity index (χ2v) is 13.4. The monoisotopic (exact) mass is 722 g/mol. The van der Waals surface area contributed by atoms with Crippen LogP contribution in [0.2, 0.25) is 0 Å². The number of unbranched alkanes of at least 4 members (excludes halogenated alkanes) is 12. The number of esters is 3. The maximum absolute atomic E-state index is 11.4. The van der Waals surface area contributed by atoms with Crippen LogP contribution in [0.5, 0.6) is 0 Å². The molecule has 0 radical (unpaired) electrons. The van der Waals surface area contributed by atoms with Crippen LogP contribution >= 0.6 is 0 Å². The van der Waals surface area contributed by atoms with Crippen molar-refractivity contribution in [2.45, 2.75) is 185 Å². The average molecular weight is 723 g/mol. The van der Waals surface area contributed by atoms with Gasteiger partial charge >= 0.3 is 17.9 Å². The molecule has 50 heavy (non-hydrogen) atoms. The Morgan fingerprint density at radius 3 is 1.52 bits per heavy atom. The van der Waals surface area contributed by atoms with Crippen molar-refractivity contribution in [3.05, 3.63) is 0 Å². The molecule has 2 heterocycles. The van der Waals surface area contributed by atoms with E-state index in [4.69, 9.17) is 28.4 Å². The third-order valence-electron chi connectivity index (χ3n) is 9.09. The highest BCUT2D eigenvalue weighted by molar-refractivity contribution is 5.69. The van der Waals surface area contributed by atoms with Gasteiger partial charge < -0.3 is 58.7 Å². The first-order valence-electron chi connectivity index (χ1n) is 18.2. The van der Waals surface area contributed by atoms with Gasteiger partial charge in [0.1, 0.15) is 62.0 Å². The number of hydrogen-bond acceptors (Lipinski definition) is 15. The van der Waals surface area contributed by atoms with Crippen molar-refractivity contribution in [3.8, 4) is 0 Å². The number of aliphatic hydroxyl groups excluding tert-OH is 5. The second-order valence-electron chi connectivity index (χ2n) is 13.4. The van der Waals surface area contributed by atoms with Gasteiger partial charge in [0, 0.05) is 20.3 Å². The molecule has 0 aromatic carbocycles. The number of carbonyl (C=O) groups excluding carboxylic acids is 3. The van der Waals surface area contributed by atoms with Crippen LogP contribution < -0.4 is 0 Å². The first-order valence-corrected chi connectivity index (χ1v) is 18.2. The summed E-state index contributed by atoms with van der Waals surface area (Å²) in [7, 11) is 1.42. The van der Waals surface area contributed by atoms with E-state index >= 15 is 0 Å². The number of rotatable bonds is 24. The zero-order valence-electron chi connectivity index (χ0n) is 30.2. The first kappa shape index (κ1) is 44.2. The highest BCUT2D eigenvalue weighted by Crippen LogP contribution is 2.31. The van der Waals surface area contributed by atoms with Crippen molar-refractivity contribution in [3.63, 3.8) is 0 Å². The van der Waals surface area contributed by atoms with Gasteiger partial charge in [-0.3, -0.25) is 14.4 Å². The number of ether oxygens (including phenoxy) is 7. The highest BCUT2D eigenvalue weighted by atomic mass is 16.8. The molecule has 2 aliphatic heterocycles. The van der Waals surface area contributed by atoms with Gasteiger partial charge in [0.2, 0.25) is 0 Å². The van der Waals surface area contributed by atoms with E-state index in [1.165, 1.54) is 52.6 Å². The van der Waals surface area contributed by atoms with Gasteiger partial charge in [0.25, 0.3) is 0 Å². The minimum absolute atomic E-state index is 0.135. The van der Waals surface area contributed by atoms with Gasteiger partial charge in [-0.2, -0.15) is 0 Å². The fourth-order valence-electron chi connectivity index (χ4n) is 6.06. The van der Waals surface area contributed by atoms with Crippen molar-refractivity contribution in [1.82, 2.24) is 0 Å². The molecule has 2 rings (SSSR count). The van der Waals surface area contributed by atoms with Gasteiger partial charge in [-0.15, -0.1) is 0 Å². The molecule has 0 aromatic rings. The third-order valence-corrected chi connectivity index (χ3v) is 9.09. The molecular weight excluding hydrogens is 660 g/mol. The summed E-state index contributed by atoms with van der Waals surface area (Å²) in [4.78, 5) is 33.8. The molecule has 2 fully saturated rings. The van der Waals surface area contributed by atoms with E-state index in [-0.39, 0.29) is 18.7 Å². The van der Waals surface area contributed by atoms with Crippen LogP contribution in [-0.2, 0) is 47.5 Å². The van der Waals surface area contributed by atoms with E-state index in [0.29, 0.717) is 12.8 Å². The van der Waals surface area contributed by atoms with Crippen LogP contribution in [0.1, 0.15) is 117 Å². The Bertz CT molecular complexity index is 966. The van der Waals surface area contributed by atoms with Crippen molar-refractivity contribution >= 4 is 17.9 Å². The van der Waals surface area contributed by atoms with Crippen LogP contribution in [0, 0.1) is 0 Å². The van der Waals surface area contributed by atoms with Crippen LogP contribution in [0.25, 0.3) is 0 Å². The molecule has 11 atom stereocenters. The number of aliphatic hydroxyl groups is 5. The molecule has 0 saturated carbocycles. The van der Waals surface area contributed by atoms with Crippen LogP contribution in [0.15, 0.2) is 0 Å². The summed E-state index contributed by atoms with van der Waals surface area (Å²) in [6, 6.07) is 0. The summed E-state index contributed by atoms with van der Waals surface area (Å²) in [5, 5.41) is 53.2. The van der Waals surface area contributed by atoms with E-state index in [0.717, 1.165) is 51.9 Å². The molecule has 15 heteroatoms. The zero-order valence-corrected chi connectivity index (χ0v) is 30.2. The summed E-state index contributed by atoms with van der Waals surface area (Å²) in [6.07, 6.45) is 0.246. The predicted molar refractivity (Wildman–Crippen MR) is 177 cm³/mol. The fraction of sp³-hybridized carbons (Fsp3) is 0.914. The molecule has 0 amide bonds. The van der Waals surface area contributed by atoms with Crippen molar-refractivity contribution < 1.29 is 73.1 Å². The lowest BCUT2D eigenvalue weighted by Gasteiger charge is -2.46. The van der Waals surface area contributed by atoms with Gasteiger partial charge in [-0.25, -0.2) is 0 Å². The Morgan fingerprint density at radius 2 is 1.04 bits per heavy atom. The fourth-order valence-corrected chi connectivity index (χ4v) is 6.06. The Labute approximate surface area is 295 Å². The molecule has 0 aromatic heterocycles. The molecular formula is C35H62O15. The lowest BCUT2D eigenvalue weighted by atomic mass is 9.97. The smallest absolute Gasteiger partial charge is 0.305 e. The minimum Gasteiger partial charge on any atom is -0.469 e. The van der Waals surface area contributed by atoms with Gasteiger partial charge in [0.05, 0.1) is 13.2 Å². The summed E-state index contributed by atoms with van der Waals surface area (Å²) in [5.41, 5.74) is 0. The van der Waals surface area contributed by atoms with Crippen molar-refractivity contribution in [2.75, 3.05) is 20.3 Å². The largest absolute Gasteiger partial charge is 0.469 e. The molecule has 0 bridgehead atoms. The number of methoxy groups -OCH3 is 1. The molecule has 15 nitrogen and oxygen atoms in total. The summed E-state index contributed by atoms with van der Waals surface area (Å²) in [6.45, 7) is 3.40. The van der Waals surface area contributed by atoms with Gasteiger partial charge in [-0.1, -0.05) is 77.0 Å². The number of carbonyl (C=O) groups is 3. The normalized spacial score (nSPS) is 30.4. The van der Waals surface area contributed by atoms with E-state index in [2.05, 4.69) is 4.74 Å². The topological polar surface area (TPSA) is 217 Å². The Balaban J connectivity index is 1.80. The van der Waals surface area contributed by atoms with Gasteiger partial charge in [-0.05, 0) is 19.8 Å².